The van der Waals surface area contributed by atoms with Crippen molar-refractivity contribution in [1.82, 2.24) is 0 Å². The highest BCUT2D eigenvalue weighted by Crippen LogP contribution is 2.26. The van der Waals surface area contributed by atoms with Gasteiger partial charge in [0.25, 0.3) is 11.6 Å². The molecule has 0 radical (unpaired) electrons. The summed E-state index contributed by atoms with van der Waals surface area (Å²) < 4.78 is 5.51. The predicted octanol–water partition coefficient (Wildman–Crippen LogP) is 4.31. The molecule has 1 amide bonds. The average molecular weight is 350 g/mol. The number of hydrogen-bond donors (Lipinski definition) is 1. The lowest BCUT2D eigenvalue weighted by molar-refractivity contribution is -0.384. The number of furan rings is 1. The molecule has 0 spiro atoms. The van der Waals surface area contributed by atoms with Gasteiger partial charge in [0.15, 0.2) is 11.5 Å². The predicted molar refractivity (Wildman–Crippen MR) is 95.2 cm³/mol. The molecule has 7 heteroatoms. The molecule has 1 N–H and O–H groups in total. The van der Waals surface area contributed by atoms with E-state index in [4.69, 9.17) is 4.42 Å². The normalized spacial score (nSPS) is 10.3. The topological polar surface area (TPSA) is 102 Å². The molecule has 0 saturated carbocycles. The van der Waals surface area contributed by atoms with Crippen LogP contribution in [-0.4, -0.2) is 16.6 Å². The van der Waals surface area contributed by atoms with E-state index in [0.717, 1.165) is 0 Å². The van der Waals surface area contributed by atoms with Crippen LogP contribution in [0.4, 0.5) is 11.4 Å². The number of non-ortho nitro benzene ring substituents is 1. The number of benzene rings is 2. The highest BCUT2D eigenvalue weighted by atomic mass is 16.6. The number of rotatable bonds is 5. The Morgan fingerprint density at radius 3 is 2.54 bits per heavy atom. The second-order valence-electron chi connectivity index (χ2n) is 5.56. The van der Waals surface area contributed by atoms with E-state index in [0.29, 0.717) is 22.6 Å². The Morgan fingerprint density at radius 2 is 1.81 bits per heavy atom. The van der Waals surface area contributed by atoms with Gasteiger partial charge < -0.3 is 9.73 Å². The van der Waals surface area contributed by atoms with E-state index in [1.54, 1.807) is 42.5 Å². The molecule has 2 aromatic carbocycles. The van der Waals surface area contributed by atoms with E-state index in [9.17, 15) is 19.7 Å². The zero-order chi connectivity index (χ0) is 18.7. The Hall–Kier alpha value is -3.74. The molecule has 130 valence electrons. The number of hydrogen-bond acceptors (Lipinski definition) is 5. The lowest BCUT2D eigenvalue weighted by Gasteiger charge is -2.04. The fourth-order valence-corrected chi connectivity index (χ4v) is 2.40. The molecule has 7 nitrogen and oxygen atoms in total. The van der Waals surface area contributed by atoms with Crippen LogP contribution in [0.25, 0.3) is 11.3 Å². The van der Waals surface area contributed by atoms with E-state index in [1.807, 2.05) is 0 Å². The molecular weight excluding hydrogens is 336 g/mol. The van der Waals surface area contributed by atoms with Gasteiger partial charge >= 0.3 is 0 Å². The number of carbonyl (C=O) groups is 2. The maximum Gasteiger partial charge on any atom is 0.291 e. The number of carbonyl (C=O) groups excluding carboxylic acids is 2. The largest absolute Gasteiger partial charge is 0.451 e. The second-order valence-corrected chi connectivity index (χ2v) is 5.56. The van der Waals surface area contributed by atoms with Crippen LogP contribution in [0.2, 0.25) is 0 Å². The number of nitrogens with one attached hydrogen (secondary N) is 1. The molecular formula is C19H14N2O5. The first-order valence-electron chi connectivity index (χ1n) is 7.71. The van der Waals surface area contributed by atoms with Gasteiger partial charge in [-0.1, -0.05) is 24.3 Å². The summed E-state index contributed by atoms with van der Waals surface area (Å²) in [7, 11) is 0. The molecule has 3 aromatic rings. The average Bonchev–Trinajstić information content (AvgIpc) is 3.12. The van der Waals surface area contributed by atoms with Crippen LogP contribution in [0.3, 0.4) is 0 Å². The molecule has 0 bridgehead atoms. The number of nitrogens with zero attached hydrogens (tertiary/aromatic N) is 1. The number of ketones is 1. The molecule has 0 atom stereocenters. The van der Waals surface area contributed by atoms with Gasteiger partial charge in [-0.25, -0.2) is 0 Å². The van der Waals surface area contributed by atoms with Gasteiger partial charge in [0.2, 0.25) is 0 Å². The smallest absolute Gasteiger partial charge is 0.291 e. The van der Waals surface area contributed by atoms with Crippen LogP contribution in [0.15, 0.2) is 65.1 Å². The van der Waals surface area contributed by atoms with E-state index < -0.39 is 10.8 Å². The SMILES string of the molecule is CC(=O)c1cccc(NC(=O)c2ccc(-c3cccc([N+](=O)[O-])c3)o2)c1. The Morgan fingerprint density at radius 1 is 1.04 bits per heavy atom. The van der Waals surface area contributed by atoms with E-state index in [1.165, 1.54) is 25.1 Å². The summed E-state index contributed by atoms with van der Waals surface area (Å²) in [5, 5.41) is 13.5. The third kappa shape index (κ3) is 3.67. The van der Waals surface area contributed by atoms with Crippen molar-refractivity contribution >= 4 is 23.1 Å². The second kappa shape index (κ2) is 7.02. The van der Waals surface area contributed by atoms with Crippen molar-refractivity contribution in [2.45, 2.75) is 6.92 Å². The summed E-state index contributed by atoms with van der Waals surface area (Å²) in [5.41, 5.74) is 1.39. The van der Waals surface area contributed by atoms with E-state index in [2.05, 4.69) is 5.32 Å². The quantitative estimate of drug-likeness (QED) is 0.419. The van der Waals surface area contributed by atoms with Gasteiger partial charge in [0.1, 0.15) is 5.76 Å². The van der Waals surface area contributed by atoms with Gasteiger partial charge in [-0.05, 0) is 31.2 Å². The summed E-state index contributed by atoms with van der Waals surface area (Å²) in [5.74, 6) is -0.189. The molecule has 0 aliphatic carbocycles. The van der Waals surface area contributed by atoms with Crippen molar-refractivity contribution in [3.05, 3.63) is 82.1 Å². The van der Waals surface area contributed by atoms with E-state index >= 15 is 0 Å². The minimum absolute atomic E-state index is 0.0553. The van der Waals surface area contributed by atoms with Crippen molar-refractivity contribution in [3.8, 4) is 11.3 Å². The first kappa shape index (κ1) is 17.1. The minimum Gasteiger partial charge on any atom is -0.451 e. The number of nitro benzene ring substituents is 1. The molecule has 1 heterocycles. The Labute approximate surface area is 148 Å². The molecule has 0 saturated heterocycles. The van der Waals surface area contributed by atoms with Crippen molar-refractivity contribution in [1.29, 1.82) is 0 Å². The number of Topliss-reactive ketones (excluding diaryl/α,β-unsaturated/α-hetero) is 1. The third-order valence-electron chi connectivity index (χ3n) is 3.70. The molecule has 0 unspecified atom stereocenters. The first-order valence-corrected chi connectivity index (χ1v) is 7.71. The van der Waals surface area contributed by atoms with Gasteiger partial charge in [-0.15, -0.1) is 0 Å². The molecule has 0 fully saturated rings. The minimum atomic E-state index is -0.498. The number of nitro groups is 1. The molecule has 3 rings (SSSR count). The standard InChI is InChI=1S/C19H14N2O5/c1-12(22)13-4-2-6-15(10-13)20-19(23)18-9-8-17(26-18)14-5-3-7-16(11-14)21(24)25/h2-11H,1H3,(H,20,23). The lowest BCUT2D eigenvalue weighted by Crippen LogP contribution is -2.11. The zero-order valence-corrected chi connectivity index (χ0v) is 13.8. The number of anilines is 1. The number of amides is 1. The van der Waals surface area contributed by atoms with Gasteiger partial charge in [0.05, 0.1) is 4.92 Å². The summed E-state index contributed by atoms with van der Waals surface area (Å²) in [6.45, 7) is 1.44. The fraction of sp³-hybridized carbons (Fsp3) is 0.0526. The fourth-order valence-electron chi connectivity index (χ4n) is 2.40. The first-order chi connectivity index (χ1) is 12.4. The van der Waals surface area contributed by atoms with Gasteiger partial charge in [-0.2, -0.15) is 0 Å². The highest BCUT2D eigenvalue weighted by molar-refractivity contribution is 6.03. The third-order valence-corrected chi connectivity index (χ3v) is 3.70. The van der Waals surface area contributed by atoms with Crippen molar-refractivity contribution < 1.29 is 18.9 Å². The van der Waals surface area contributed by atoms with Crippen LogP contribution in [0.1, 0.15) is 27.8 Å². The Kier molecular flexibility index (Phi) is 4.62. The summed E-state index contributed by atoms with van der Waals surface area (Å²) in [6.07, 6.45) is 0. The highest BCUT2D eigenvalue weighted by Gasteiger charge is 2.15. The molecule has 0 aliphatic heterocycles. The maximum absolute atomic E-state index is 12.3. The molecule has 0 aliphatic rings. The van der Waals surface area contributed by atoms with Crippen LogP contribution >= 0.6 is 0 Å². The summed E-state index contributed by atoms with van der Waals surface area (Å²) in [4.78, 5) is 34.1. The molecule has 1 aromatic heterocycles. The maximum atomic E-state index is 12.3. The Balaban J connectivity index is 1.80. The van der Waals surface area contributed by atoms with Crippen LogP contribution in [-0.2, 0) is 0 Å². The van der Waals surface area contributed by atoms with Crippen molar-refractivity contribution in [2.24, 2.45) is 0 Å². The van der Waals surface area contributed by atoms with Crippen molar-refractivity contribution in [2.75, 3.05) is 5.32 Å². The monoisotopic (exact) mass is 350 g/mol. The lowest BCUT2D eigenvalue weighted by atomic mass is 10.1. The van der Waals surface area contributed by atoms with Crippen LogP contribution in [0, 0.1) is 10.1 Å². The summed E-state index contributed by atoms with van der Waals surface area (Å²) in [6, 6.07) is 15.6. The van der Waals surface area contributed by atoms with Gasteiger partial charge in [-0.3, -0.25) is 19.7 Å². The van der Waals surface area contributed by atoms with E-state index in [-0.39, 0.29) is 17.2 Å². The Bertz CT molecular complexity index is 1010. The zero-order valence-electron chi connectivity index (χ0n) is 13.8. The van der Waals surface area contributed by atoms with Crippen LogP contribution in [0.5, 0.6) is 0 Å². The van der Waals surface area contributed by atoms with Crippen LogP contribution < -0.4 is 5.32 Å². The van der Waals surface area contributed by atoms with Gasteiger partial charge in [0, 0.05) is 28.9 Å². The molecule has 26 heavy (non-hydrogen) atoms. The van der Waals surface area contributed by atoms with Crippen molar-refractivity contribution in [3.63, 3.8) is 0 Å². The summed E-state index contributed by atoms with van der Waals surface area (Å²) >= 11 is 0.